The molecule has 0 spiro atoms. The van der Waals surface area contributed by atoms with Gasteiger partial charge in [0.15, 0.2) is 0 Å². The number of nitrogens with zero attached hydrogens (tertiary/aromatic N) is 4. The number of anilines is 1. The minimum absolute atomic E-state index is 0.201. The molecule has 0 saturated carbocycles. The van der Waals surface area contributed by atoms with Crippen LogP contribution in [0, 0.1) is 5.82 Å². The van der Waals surface area contributed by atoms with Crippen molar-refractivity contribution in [1.29, 1.82) is 0 Å². The van der Waals surface area contributed by atoms with Gasteiger partial charge in [-0.3, -0.25) is 9.69 Å². The van der Waals surface area contributed by atoms with E-state index in [0.29, 0.717) is 6.54 Å². The molecule has 7 heteroatoms. The summed E-state index contributed by atoms with van der Waals surface area (Å²) in [6.45, 7) is 3.76. The number of rotatable bonds is 4. The van der Waals surface area contributed by atoms with Gasteiger partial charge < -0.3 is 10.6 Å². The maximum atomic E-state index is 13.2. The Kier molecular flexibility index (Phi) is 4.55. The maximum Gasteiger partial charge on any atom is 0.236 e. The molecule has 2 saturated heterocycles. The van der Waals surface area contributed by atoms with Crippen LogP contribution in [0.1, 0.15) is 24.5 Å². The summed E-state index contributed by atoms with van der Waals surface area (Å²) in [5.41, 5.74) is 8.40. The first-order valence-corrected chi connectivity index (χ1v) is 8.98. The Hall–Kier alpha value is -2.54. The third kappa shape index (κ3) is 3.39. The normalized spacial score (nSPS) is 18.1. The number of carbonyl (C=O) groups is 1. The van der Waals surface area contributed by atoms with Crippen molar-refractivity contribution in [3.63, 3.8) is 0 Å². The van der Waals surface area contributed by atoms with Crippen molar-refractivity contribution in [3.8, 4) is 11.1 Å². The molecular formula is C19H22FN5O. The third-order valence-electron chi connectivity index (χ3n) is 5.15. The molecule has 0 unspecified atom stereocenters. The quantitative estimate of drug-likeness (QED) is 0.906. The number of amides is 1. The second-order valence-corrected chi connectivity index (χ2v) is 7.01. The van der Waals surface area contributed by atoms with E-state index in [1.54, 1.807) is 18.3 Å². The van der Waals surface area contributed by atoms with Gasteiger partial charge in [0.05, 0.1) is 12.2 Å². The van der Waals surface area contributed by atoms with E-state index in [1.807, 2.05) is 4.90 Å². The number of nitrogen functional groups attached to an aromatic ring is 1. The number of benzene rings is 1. The van der Waals surface area contributed by atoms with E-state index in [4.69, 9.17) is 5.73 Å². The minimum atomic E-state index is -0.276. The highest BCUT2D eigenvalue weighted by atomic mass is 19.1. The molecule has 2 aromatic rings. The first-order valence-electron chi connectivity index (χ1n) is 8.98. The van der Waals surface area contributed by atoms with Gasteiger partial charge in [-0.2, -0.15) is 0 Å². The topological polar surface area (TPSA) is 75.3 Å². The fourth-order valence-electron chi connectivity index (χ4n) is 3.70. The summed E-state index contributed by atoms with van der Waals surface area (Å²) in [4.78, 5) is 24.9. The van der Waals surface area contributed by atoms with Crippen molar-refractivity contribution >= 4 is 11.9 Å². The summed E-state index contributed by atoms with van der Waals surface area (Å²) in [5.74, 6) is 0.369. The van der Waals surface area contributed by atoms with Gasteiger partial charge in [0, 0.05) is 43.9 Å². The molecule has 26 heavy (non-hydrogen) atoms. The van der Waals surface area contributed by atoms with Crippen LogP contribution in [0.2, 0.25) is 0 Å². The lowest BCUT2D eigenvalue weighted by Crippen LogP contribution is -2.50. The maximum absolute atomic E-state index is 13.2. The zero-order chi connectivity index (χ0) is 18.1. The Labute approximate surface area is 151 Å². The number of likely N-dealkylation sites (tertiary alicyclic amines) is 2. The van der Waals surface area contributed by atoms with Crippen LogP contribution in [0.25, 0.3) is 11.1 Å². The Balaban J connectivity index is 1.46. The fourth-order valence-corrected chi connectivity index (χ4v) is 3.70. The van der Waals surface area contributed by atoms with E-state index >= 15 is 0 Å². The second kappa shape index (κ2) is 6.99. The van der Waals surface area contributed by atoms with Gasteiger partial charge in [0.25, 0.3) is 0 Å². The average Bonchev–Trinajstić information content (AvgIpc) is 3.13. The number of carbonyl (C=O) groups excluding carboxylic acids is 1. The zero-order valence-electron chi connectivity index (χ0n) is 14.6. The van der Waals surface area contributed by atoms with E-state index < -0.39 is 0 Å². The molecule has 2 aliphatic heterocycles. The van der Waals surface area contributed by atoms with Crippen molar-refractivity contribution in [2.24, 2.45) is 0 Å². The molecule has 136 valence electrons. The molecule has 1 aromatic heterocycles. The van der Waals surface area contributed by atoms with Crippen molar-refractivity contribution in [2.45, 2.75) is 18.8 Å². The molecule has 0 aliphatic carbocycles. The van der Waals surface area contributed by atoms with Crippen LogP contribution in [0.5, 0.6) is 0 Å². The summed E-state index contributed by atoms with van der Waals surface area (Å²) in [6, 6.07) is 6.30. The predicted octanol–water partition coefficient (Wildman–Crippen LogP) is 1.89. The SMILES string of the molecule is Nc1ncc(-c2ccc(F)cc2)c(C2CN(CC(=O)N3CCCC3)C2)n1. The van der Waals surface area contributed by atoms with Crippen LogP contribution in [0.15, 0.2) is 30.5 Å². The van der Waals surface area contributed by atoms with Crippen LogP contribution in [0.4, 0.5) is 10.3 Å². The van der Waals surface area contributed by atoms with Crippen LogP contribution in [0.3, 0.4) is 0 Å². The Morgan fingerprint density at radius 1 is 1.19 bits per heavy atom. The van der Waals surface area contributed by atoms with Gasteiger partial charge in [-0.25, -0.2) is 14.4 Å². The highest BCUT2D eigenvalue weighted by Gasteiger charge is 2.33. The van der Waals surface area contributed by atoms with Gasteiger partial charge in [-0.05, 0) is 30.5 Å². The highest BCUT2D eigenvalue weighted by molar-refractivity contribution is 5.78. The lowest BCUT2D eigenvalue weighted by atomic mass is 9.90. The van der Waals surface area contributed by atoms with Gasteiger partial charge in [-0.1, -0.05) is 12.1 Å². The van der Waals surface area contributed by atoms with E-state index in [1.165, 1.54) is 12.1 Å². The molecule has 2 fully saturated rings. The lowest BCUT2D eigenvalue weighted by molar-refractivity contribution is -0.132. The summed E-state index contributed by atoms with van der Waals surface area (Å²) >= 11 is 0. The van der Waals surface area contributed by atoms with Crippen LogP contribution >= 0.6 is 0 Å². The summed E-state index contributed by atoms with van der Waals surface area (Å²) in [5, 5.41) is 0. The largest absolute Gasteiger partial charge is 0.368 e. The van der Waals surface area contributed by atoms with Crippen molar-refractivity contribution < 1.29 is 9.18 Å². The highest BCUT2D eigenvalue weighted by Crippen LogP contribution is 2.33. The molecule has 1 aromatic carbocycles. The molecule has 0 bridgehead atoms. The smallest absolute Gasteiger partial charge is 0.236 e. The fraction of sp³-hybridized carbons (Fsp3) is 0.421. The average molecular weight is 355 g/mol. The van der Waals surface area contributed by atoms with Crippen LogP contribution in [-0.2, 0) is 4.79 Å². The van der Waals surface area contributed by atoms with E-state index in [0.717, 1.165) is 55.8 Å². The van der Waals surface area contributed by atoms with E-state index in [-0.39, 0.29) is 23.6 Å². The number of nitrogens with two attached hydrogens (primary N) is 1. The van der Waals surface area contributed by atoms with Gasteiger partial charge in [0.2, 0.25) is 11.9 Å². The number of hydrogen-bond donors (Lipinski definition) is 1. The summed E-state index contributed by atoms with van der Waals surface area (Å²) in [6.07, 6.45) is 3.91. The van der Waals surface area contributed by atoms with Gasteiger partial charge >= 0.3 is 0 Å². The molecular weight excluding hydrogens is 333 g/mol. The van der Waals surface area contributed by atoms with E-state index in [2.05, 4.69) is 14.9 Å². The monoisotopic (exact) mass is 355 g/mol. The molecule has 0 radical (unpaired) electrons. The second-order valence-electron chi connectivity index (χ2n) is 7.01. The van der Waals surface area contributed by atoms with E-state index in [9.17, 15) is 9.18 Å². The minimum Gasteiger partial charge on any atom is -0.368 e. The first kappa shape index (κ1) is 16.9. The van der Waals surface area contributed by atoms with Crippen LogP contribution < -0.4 is 5.73 Å². The van der Waals surface area contributed by atoms with Crippen molar-refractivity contribution in [3.05, 3.63) is 42.0 Å². The number of halogens is 1. The molecule has 6 nitrogen and oxygen atoms in total. The standard InChI is InChI=1S/C19H22FN5O/c20-15-5-3-13(4-6-15)16-9-22-19(21)23-18(16)14-10-24(11-14)12-17(26)25-7-1-2-8-25/h3-6,9,14H,1-2,7-8,10-12H2,(H2,21,22,23). The number of aromatic nitrogens is 2. The predicted molar refractivity (Wildman–Crippen MR) is 96.8 cm³/mol. The number of hydrogen-bond acceptors (Lipinski definition) is 5. The first-order chi connectivity index (χ1) is 12.6. The molecule has 3 heterocycles. The molecule has 4 rings (SSSR count). The molecule has 2 aliphatic rings. The van der Waals surface area contributed by atoms with Crippen LogP contribution in [-0.4, -0.2) is 58.4 Å². The zero-order valence-corrected chi connectivity index (χ0v) is 14.6. The molecule has 0 atom stereocenters. The third-order valence-corrected chi connectivity index (χ3v) is 5.15. The van der Waals surface area contributed by atoms with Gasteiger partial charge in [0.1, 0.15) is 5.82 Å². The van der Waals surface area contributed by atoms with Gasteiger partial charge in [-0.15, -0.1) is 0 Å². The summed E-state index contributed by atoms with van der Waals surface area (Å²) in [7, 11) is 0. The van der Waals surface area contributed by atoms with Crippen molar-refractivity contribution in [2.75, 3.05) is 38.5 Å². The Morgan fingerprint density at radius 2 is 1.88 bits per heavy atom. The molecule has 2 N–H and O–H groups in total. The molecule has 1 amide bonds. The summed E-state index contributed by atoms with van der Waals surface area (Å²) < 4.78 is 13.2. The Bertz CT molecular complexity index is 798. The van der Waals surface area contributed by atoms with Crippen molar-refractivity contribution in [1.82, 2.24) is 19.8 Å². The Morgan fingerprint density at radius 3 is 2.58 bits per heavy atom. The lowest BCUT2D eigenvalue weighted by Gasteiger charge is -2.39.